The monoisotopic (exact) mass is 780 g/mol. The lowest BCUT2D eigenvalue weighted by Crippen LogP contribution is -2.33. The number of hydrogen-bond acceptors (Lipinski definition) is 5. The largest absolute Gasteiger partial charge is 0.469 e. The van der Waals surface area contributed by atoms with Gasteiger partial charge in [-0.15, -0.1) is 0 Å². The number of amides is 1. The molecule has 320 valence electrons. The first kappa shape index (κ1) is 55.2. The molecule has 0 aromatic rings. The van der Waals surface area contributed by atoms with Crippen LogP contribution in [0.4, 0.5) is 0 Å². The topological polar surface area (TPSA) is 95.9 Å². The van der Waals surface area contributed by atoms with Gasteiger partial charge in [-0.05, 0) is 62.2 Å². The van der Waals surface area contributed by atoms with Crippen molar-refractivity contribution >= 4 is 11.9 Å². The number of carbonyl (C=O) groups is 2. The summed E-state index contributed by atoms with van der Waals surface area (Å²) in [5.74, 6) is 24.4. The number of aliphatic hydroxyl groups excluding tert-OH is 2. The van der Waals surface area contributed by atoms with E-state index in [-0.39, 0.29) is 25.0 Å². The zero-order valence-electron chi connectivity index (χ0n) is 36.7. The fourth-order valence-corrected chi connectivity index (χ4v) is 6.00. The highest BCUT2D eigenvalue weighted by Gasteiger charge is 2.05. The summed E-state index contributed by atoms with van der Waals surface area (Å²) < 4.78 is 4.63. The second-order valence-corrected chi connectivity index (χ2v) is 15.1. The number of carbonyl (C=O) groups excluding carboxylic acids is 2. The van der Waals surface area contributed by atoms with E-state index in [0.717, 1.165) is 70.6 Å². The van der Waals surface area contributed by atoms with Crippen LogP contribution >= 0.6 is 0 Å². The Bertz CT molecular complexity index is 1120. The Morgan fingerprint density at radius 2 is 0.786 bits per heavy atom. The minimum atomic E-state index is -0.863. The van der Waals surface area contributed by atoms with Gasteiger partial charge in [-0.25, -0.2) is 0 Å². The number of hydrogen-bond donors (Lipinski definition) is 3. The van der Waals surface area contributed by atoms with E-state index in [0.29, 0.717) is 12.8 Å². The Morgan fingerprint density at radius 1 is 0.482 bits per heavy atom. The molecule has 0 saturated carbocycles. The summed E-state index contributed by atoms with van der Waals surface area (Å²) in [5.41, 5.74) is 0. The van der Waals surface area contributed by atoms with Crippen LogP contribution in [0.25, 0.3) is 0 Å². The summed E-state index contributed by atoms with van der Waals surface area (Å²) in [5, 5.41) is 20.5. The minimum Gasteiger partial charge on any atom is -0.469 e. The second-order valence-electron chi connectivity index (χ2n) is 15.1. The molecule has 1 atom stereocenters. The molecule has 1 unspecified atom stereocenters. The van der Waals surface area contributed by atoms with Crippen molar-refractivity contribution in [3.63, 3.8) is 0 Å². The van der Waals surface area contributed by atoms with Crippen molar-refractivity contribution in [1.82, 2.24) is 5.32 Å². The molecule has 0 heterocycles. The zero-order chi connectivity index (χ0) is 41.3. The molecule has 0 radical (unpaired) electrons. The number of ether oxygens (including phenoxy) is 1. The predicted octanol–water partition coefficient (Wildman–Crippen LogP) is 11.9. The molecular weight excluding hydrogens is 695 g/mol. The number of rotatable bonds is 35. The van der Waals surface area contributed by atoms with Gasteiger partial charge in [0, 0.05) is 45.1 Å². The molecule has 0 aliphatic rings. The van der Waals surface area contributed by atoms with Gasteiger partial charge in [0.05, 0.1) is 19.8 Å². The summed E-state index contributed by atoms with van der Waals surface area (Å²) >= 11 is 0. The van der Waals surface area contributed by atoms with Crippen molar-refractivity contribution in [2.75, 3.05) is 20.3 Å². The van der Waals surface area contributed by atoms with Gasteiger partial charge in [0.15, 0.2) is 0 Å². The van der Waals surface area contributed by atoms with E-state index in [1.165, 1.54) is 142 Å². The average molecular weight is 780 g/mol. The van der Waals surface area contributed by atoms with E-state index >= 15 is 0 Å². The molecule has 1 amide bonds. The highest BCUT2D eigenvalue weighted by Crippen LogP contribution is 2.12. The molecule has 0 aromatic heterocycles. The molecule has 0 spiro atoms. The third-order valence-electron chi connectivity index (χ3n) is 9.65. The van der Waals surface area contributed by atoms with Gasteiger partial charge in [0.2, 0.25) is 5.91 Å². The first-order chi connectivity index (χ1) is 27.5. The average Bonchev–Trinajstić information content (AvgIpc) is 3.21. The quantitative estimate of drug-likeness (QED) is 0.0338. The van der Waals surface area contributed by atoms with Gasteiger partial charge in [-0.3, -0.25) is 9.59 Å². The van der Waals surface area contributed by atoms with Gasteiger partial charge in [-0.1, -0.05) is 179 Å². The zero-order valence-corrected chi connectivity index (χ0v) is 36.7. The molecule has 3 N–H and O–H groups in total. The lowest BCUT2D eigenvalue weighted by atomic mass is 10.1. The van der Waals surface area contributed by atoms with Crippen molar-refractivity contribution in [1.29, 1.82) is 0 Å². The molecule has 0 saturated heterocycles. The fourth-order valence-electron chi connectivity index (χ4n) is 6.00. The molecule has 0 rings (SSSR count). The molecule has 6 nitrogen and oxygen atoms in total. The van der Waals surface area contributed by atoms with Gasteiger partial charge in [0.25, 0.3) is 0 Å². The van der Waals surface area contributed by atoms with Crippen LogP contribution in [0.2, 0.25) is 0 Å². The lowest BCUT2D eigenvalue weighted by Gasteiger charge is -2.08. The van der Waals surface area contributed by atoms with Gasteiger partial charge in [-0.2, -0.15) is 0 Å². The Balaban J connectivity index is 0. The van der Waals surface area contributed by atoms with E-state index in [1.54, 1.807) is 0 Å². The van der Waals surface area contributed by atoms with Crippen molar-refractivity contribution in [3.05, 3.63) is 0 Å². The maximum Gasteiger partial charge on any atom is 0.305 e. The van der Waals surface area contributed by atoms with E-state index in [9.17, 15) is 9.59 Å². The van der Waals surface area contributed by atoms with Crippen LogP contribution in [-0.4, -0.2) is 48.5 Å². The summed E-state index contributed by atoms with van der Waals surface area (Å²) in [6.07, 6.45) is 38.9. The maximum absolute atomic E-state index is 11.5. The molecule has 0 fully saturated rings. The summed E-state index contributed by atoms with van der Waals surface area (Å²) in [4.78, 5) is 22.5. The van der Waals surface area contributed by atoms with Crippen molar-refractivity contribution < 1.29 is 24.5 Å². The Labute approximate surface area is 346 Å². The number of methoxy groups -OCH3 is 1. The van der Waals surface area contributed by atoms with Gasteiger partial charge < -0.3 is 20.3 Å². The SMILES string of the molecule is CCCCCCCCCCC#CC#CCCCCCCCCC(=O)NCC(O)CO.CCCCCCCCCCC#CC#CCCCCCCCCC(=O)OC. The number of nitrogens with one attached hydrogen (secondary N) is 1. The van der Waals surface area contributed by atoms with Crippen LogP contribution in [0.3, 0.4) is 0 Å². The Hall–Kier alpha value is -2.90. The fraction of sp³-hybridized carbons (Fsp3) is 0.800. The number of aliphatic hydroxyl groups is 2. The lowest BCUT2D eigenvalue weighted by molar-refractivity contribution is -0.140. The molecular formula is C50H85NO5. The van der Waals surface area contributed by atoms with E-state index in [4.69, 9.17) is 10.2 Å². The van der Waals surface area contributed by atoms with Crippen LogP contribution in [0.15, 0.2) is 0 Å². The predicted molar refractivity (Wildman–Crippen MR) is 238 cm³/mol. The first-order valence-corrected chi connectivity index (χ1v) is 23.1. The number of esters is 1. The van der Waals surface area contributed by atoms with Crippen molar-refractivity contribution in [2.45, 2.75) is 238 Å². The summed E-state index contributed by atoms with van der Waals surface area (Å²) in [6.45, 7) is 4.32. The van der Waals surface area contributed by atoms with Crippen molar-refractivity contribution in [3.8, 4) is 47.4 Å². The van der Waals surface area contributed by atoms with Crippen LogP contribution in [0.5, 0.6) is 0 Å². The minimum absolute atomic E-state index is 0.0544. The molecule has 0 bridgehead atoms. The molecule has 56 heavy (non-hydrogen) atoms. The molecule has 0 aromatic carbocycles. The van der Waals surface area contributed by atoms with Gasteiger partial charge in [0.1, 0.15) is 0 Å². The van der Waals surface area contributed by atoms with Crippen molar-refractivity contribution in [2.24, 2.45) is 0 Å². The van der Waals surface area contributed by atoms with Crippen LogP contribution in [-0.2, 0) is 14.3 Å². The van der Waals surface area contributed by atoms with Crippen LogP contribution < -0.4 is 5.32 Å². The highest BCUT2D eigenvalue weighted by molar-refractivity contribution is 5.75. The van der Waals surface area contributed by atoms with E-state index < -0.39 is 6.10 Å². The summed E-state index contributed by atoms with van der Waals surface area (Å²) in [7, 11) is 1.45. The molecule has 0 aliphatic carbocycles. The Kier molecular flexibility index (Phi) is 49.4. The Morgan fingerprint density at radius 3 is 1.11 bits per heavy atom. The van der Waals surface area contributed by atoms with Crippen LogP contribution in [0.1, 0.15) is 232 Å². The smallest absolute Gasteiger partial charge is 0.305 e. The third-order valence-corrected chi connectivity index (χ3v) is 9.65. The van der Waals surface area contributed by atoms with Crippen LogP contribution in [0, 0.1) is 47.4 Å². The second kappa shape index (κ2) is 50.1. The van der Waals surface area contributed by atoms with E-state index in [2.05, 4.69) is 71.3 Å². The van der Waals surface area contributed by atoms with E-state index in [1.807, 2.05) is 0 Å². The molecule has 0 aliphatic heterocycles. The highest BCUT2D eigenvalue weighted by atomic mass is 16.5. The van der Waals surface area contributed by atoms with Gasteiger partial charge >= 0.3 is 5.97 Å². The first-order valence-electron chi connectivity index (χ1n) is 23.1. The third kappa shape index (κ3) is 51.1. The molecule has 6 heteroatoms. The number of unbranched alkanes of at least 4 members (excludes halogenated alkanes) is 28. The summed E-state index contributed by atoms with van der Waals surface area (Å²) in [6, 6.07) is 0. The standard InChI is InChI=1S/C26H45NO3.C24H40O2/c1-2-3-4-5-6-7-8-9-10-11-12-13-14-15-16-17-18-19-20-21-22-26(30)27-23-25(29)24-28;1-3-4-5-6-7-8-9-10-11-12-13-14-15-16-17-18-19-20-21-22-23-24(25)26-2/h25,28-29H,2-10,15-24H2,1H3,(H,27,30);3-11,16-23H2,1-2H3. The normalized spacial score (nSPS) is 10.5. The maximum atomic E-state index is 11.5.